The van der Waals surface area contributed by atoms with Crippen LogP contribution in [0, 0.1) is 0 Å². The molecule has 0 radical (unpaired) electrons. The lowest BCUT2D eigenvalue weighted by Gasteiger charge is -2.19. The summed E-state index contributed by atoms with van der Waals surface area (Å²) in [6.07, 6.45) is 4.47. The van der Waals surface area contributed by atoms with Crippen molar-refractivity contribution in [3.63, 3.8) is 0 Å². The quantitative estimate of drug-likeness (QED) is 0.904. The Morgan fingerprint density at radius 3 is 2.25 bits per heavy atom. The summed E-state index contributed by atoms with van der Waals surface area (Å²) in [6.45, 7) is 4.83. The van der Waals surface area contributed by atoms with Crippen LogP contribution in [-0.4, -0.2) is 28.1 Å². The van der Waals surface area contributed by atoms with Gasteiger partial charge < -0.3 is 5.73 Å². The monoisotopic (exact) mass is 292 g/mol. The van der Waals surface area contributed by atoms with Gasteiger partial charge in [-0.1, -0.05) is 0 Å². The second kappa shape index (κ2) is 4.82. The highest BCUT2D eigenvalue weighted by molar-refractivity contribution is 7.92. The van der Waals surface area contributed by atoms with Crippen molar-refractivity contribution in [1.82, 2.24) is 15.0 Å². The summed E-state index contributed by atoms with van der Waals surface area (Å²) in [5.41, 5.74) is 6.52. The third kappa shape index (κ3) is 2.49. The van der Waals surface area contributed by atoms with E-state index in [4.69, 9.17) is 5.73 Å². The number of hydrogen-bond acceptors (Lipinski definition) is 6. The number of nitrogens with two attached hydrogens (primary N) is 1. The number of hydrogen-bond donors (Lipinski definition) is 1. The molecule has 2 rings (SSSR count). The van der Waals surface area contributed by atoms with E-state index in [1.54, 1.807) is 45.3 Å². The lowest BCUT2D eigenvalue weighted by molar-refractivity contribution is 0.560. The molecule has 0 aliphatic rings. The average molecular weight is 292 g/mol. The number of aromatic nitrogens is 3. The van der Waals surface area contributed by atoms with E-state index in [2.05, 4.69) is 15.0 Å². The molecule has 0 atom stereocenters. The molecular formula is C13H16N4O2S. The van der Waals surface area contributed by atoms with Crippen LogP contribution < -0.4 is 5.73 Å². The van der Waals surface area contributed by atoms with Crippen LogP contribution in [0.25, 0.3) is 11.4 Å². The van der Waals surface area contributed by atoms with Gasteiger partial charge in [-0.15, -0.1) is 0 Å². The molecule has 2 aromatic rings. The van der Waals surface area contributed by atoms with E-state index in [1.807, 2.05) is 0 Å². The molecule has 0 bridgehead atoms. The molecule has 2 N–H and O–H groups in total. The Morgan fingerprint density at radius 2 is 1.75 bits per heavy atom. The van der Waals surface area contributed by atoms with Crippen molar-refractivity contribution in [3.05, 3.63) is 30.7 Å². The minimum Gasteiger partial charge on any atom is -0.382 e. The van der Waals surface area contributed by atoms with E-state index in [9.17, 15) is 8.42 Å². The first-order valence-electron chi connectivity index (χ1n) is 6.01. The number of anilines is 1. The lowest BCUT2D eigenvalue weighted by atomic mass is 10.2. The summed E-state index contributed by atoms with van der Waals surface area (Å²) in [5, 5.41) is 0. The summed E-state index contributed by atoms with van der Waals surface area (Å²) in [7, 11) is -3.57. The summed E-state index contributed by atoms with van der Waals surface area (Å²) in [5.74, 6) is 0.333. The van der Waals surface area contributed by atoms with Gasteiger partial charge >= 0.3 is 0 Å². The summed E-state index contributed by atoms with van der Waals surface area (Å²) >= 11 is 0. The molecule has 0 fully saturated rings. The highest BCUT2D eigenvalue weighted by Gasteiger charge is 2.33. The molecule has 0 spiro atoms. The van der Waals surface area contributed by atoms with Gasteiger partial charge in [0.2, 0.25) is 0 Å². The Bertz CT molecular complexity index is 722. The van der Waals surface area contributed by atoms with Gasteiger partial charge in [0.25, 0.3) is 0 Å². The van der Waals surface area contributed by atoms with Crippen molar-refractivity contribution in [2.45, 2.75) is 30.4 Å². The SMILES string of the molecule is CC(C)(C)S(=O)(=O)c1cnc(-c2ccncc2)nc1N. The van der Waals surface area contributed by atoms with Crippen molar-refractivity contribution in [1.29, 1.82) is 0 Å². The lowest BCUT2D eigenvalue weighted by Crippen LogP contribution is -2.29. The first-order valence-corrected chi connectivity index (χ1v) is 7.49. The summed E-state index contributed by atoms with van der Waals surface area (Å²) < 4.78 is 23.7. The zero-order valence-electron chi connectivity index (χ0n) is 11.5. The molecule has 0 aromatic carbocycles. The molecule has 0 amide bonds. The first kappa shape index (κ1) is 14.4. The maximum atomic E-state index is 12.4. The maximum absolute atomic E-state index is 12.4. The van der Waals surface area contributed by atoms with Crippen LogP contribution in [0.15, 0.2) is 35.6 Å². The Morgan fingerprint density at radius 1 is 1.15 bits per heavy atom. The Hall–Kier alpha value is -2.02. The summed E-state index contributed by atoms with van der Waals surface area (Å²) in [6, 6.07) is 3.46. The van der Waals surface area contributed by atoms with Crippen molar-refractivity contribution >= 4 is 15.7 Å². The van der Waals surface area contributed by atoms with Crippen LogP contribution in [0.1, 0.15) is 20.8 Å². The van der Waals surface area contributed by atoms with Crippen LogP contribution in [0.3, 0.4) is 0 Å². The van der Waals surface area contributed by atoms with Crippen molar-refractivity contribution in [2.24, 2.45) is 0 Å². The number of nitrogen functional groups attached to an aromatic ring is 1. The molecule has 2 heterocycles. The van der Waals surface area contributed by atoms with Gasteiger partial charge in [-0.05, 0) is 32.9 Å². The Kier molecular flexibility index (Phi) is 3.47. The fourth-order valence-electron chi connectivity index (χ4n) is 1.56. The highest BCUT2D eigenvalue weighted by atomic mass is 32.2. The predicted molar refractivity (Wildman–Crippen MR) is 76.6 cm³/mol. The molecule has 6 nitrogen and oxygen atoms in total. The van der Waals surface area contributed by atoms with Gasteiger partial charge in [0.1, 0.15) is 10.7 Å². The van der Waals surface area contributed by atoms with Gasteiger partial charge in [-0.3, -0.25) is 4.98 Å². The second-order valence-electron chi connectivity index (χ2n) is 5.29. The molecule has 0 unspecified atom stereocenters. The standard InChI is InChI=1S/C13H16N4O2S/c1-13(2,3)20(18,19)10-8-16-12(17-11(10)14)9-4-6-15-7-5-9/h4-8H,1-3H3,(H2,14,16,17). The normalized spacial score (nSPS) is 12.3. The van der Waals surface area contributed by atoms with E-state index >= 15 is 0 Å². The molecular weight excluding hydrogens is 276 g/mol. The van der Waals surface area contributed by atoms with Gasteiger partial charge in [-0.25, -0.2) is 18.4 Å². The minimum atomic E-state index is -3.57. The van der Waals surface area contributed by atoms with E-state index < -0.39 is 14.6 Å². The molecule has 2 aromatic heterocycles. The highest BCUT2D eigenvalue weighted by Crippen LogP contribution is 2.28. The van der Waals surface area contributed by atoms with Crippen LogP contribution in [0.4, 0.5) is 5.82 Å². The first-order chi connectivity index (χ1) is 9.23. The fourth-order valence-corrected chi connectivity index (χ4v) is 2.73. The third-order valence-electron chi connectivity index (χ3n) is 2.82. The minimum absolute atomic E-state index is 0.0391. The van der Waals surface area contributed by atoms with E-state index in [-0.39, 0.29) is 10.7 Å². The number of nitrogens with zero attached hydrogens (tertiary/aromatic N) is 3. The number of rotatable bonds is 2. The zero-order chi connectivity index (χ0) is 15.0. The van der Waals surface area contributed by atoms with Gasteiger partial charge in [0.15, 0.2) is 15.7 Å². The summed E-state index contributed by atoms with van der Waals surface area (Å²) in [4.78, 5) is 12.0. The zero-order valence-corrected chi connectivity index (χ0v) is 12.3. The van der Waals surface area contributed by atoms with Crippen molar-refractivity contribution < 1.29 is 8.42 Å². The Labute approximate surface area is 118 Å². The topological polar surface area (TPSA) is 98.8 Å². The molecule has 0 saturated heterocycles. The van der Waals surface area contributed by atoms with Gasteiger partial charge in [0.05, 0.1) is 10.9 Å². The third-order valence-corrected chi connectivity index (χ3v) is 5.32. The van der Waals surface area contributed by atoms with Crippen LogP contribution >= 0.6 is 0 Å². The second-order valence-corrected chi connectivity index (χ2v) is 7.97. The smallest absolute Gasteiger partial charge is 0.188 e. The average Bonchev–Trinajstić information content (AvgIpc) is 2.38. The van der Waals surface area contributed by atoms with Crippen molar-refractivity contribution in [2.75, 3.05) is 5.73 Å². The fraction of sp³-hybridized carbons (Fsp3) is 0.308. The predicted octanol–water partition coefficient (Wildman–Crippen LogP) is 1.69. The van der Waals surface area contributed by atoms with Crippen LogP contribution in [-0.2, 0) is 9.84 Å². The van der Waals surface area contributed by atoms with E-state index in [0.29, 0.717) is 5.82 Å². The van der Waals surface area contributed by atoms with E-state index in [1.165, 1.54) is 6.20 Å². The van der Waals surface area contributed by atoms with Gasteiger partial charge in [0, 0.05) is 18.0 Å². The van der Waals surface area contributed by atoms with Crippen LogP contribution in [0.2, 0.25) is 0 Å². The molecule has 20 heavy (non-hydrogen) atoms. The largest absolute Gasteiger partial charge is 0.382 e. The van der Waals surface area contributed by atoms with Crippen LogP contribution in [0.5, 0.6) is 0 Å². The maximum Gasteiger partial charge on any atom is 0.188 e. The number of pyridine rings is 1. The molecule has 0 aliphatic carbocycles. The van der Waals surface area contributed by atoms with Crippen molar-refractivity contribution in [3.8, 4) is 11.4 Å². The molecule has 0 aliphatic heterocycles. The molecule has 106 valence electrons. The van der Waals surface area contributed by atoms with Gasteiger partial charge in [-0.2, -0.15) is 0 Å². The Balaban J connectivity index is 2.53. The molecule has 0 saturated carbocycles. The van der Waals surface area contributed by atoms with E-state index in [0.717, 1.165) is 5.56 Å². The molecule has 7 heteroatoms. The number of sulfone groups is 1.